The second kappa shape index (κ2) is 4.43. The van der Waals surface area contributed by atoms with Gasteiger partial charge in [0.1, 0.15) is 0 Å². The van der Waals surface area contributed by atoms with Gasteiger partial charge in [-0.1, -0.05) is 20.8 Å². The Hall–Kier alpha value is -0.0800. The van der Waals surface area contributed by atoms with Crippen molar-refractivity contribution in [3.8, 4) is 0 Å². The Labute approximate surface area is 82.7 Å². The van der Waals surface area contributed by atoms with Crippen LogP contribution in [0.25, 0.3) is 0 Å². The van der Waals surface area contributed by atoms with Gasteiger partial charge >= 0.3 is 0 Å². The van der Waals surface area contributed by atoms with Crippen LogP contribution in [0.4, 0.5) is 0 Å². The van der Waals surface area contributed by atoms with Gasteiger partial charge in [0, 0.05) is 19.6 Å². The molecule has 1 aliphatic heterocycles. The Kier molecular flexibility index (Phi) is 3.74. The first-order chi connectivity index (χ1) is 5.97. The van der Waals surface area contributed by atoms with Crippen LogP contribution in [0.1, 0.15) is 27.2 Å². The van der Waals surface area contributed by atoms with E-state index in [0.717, 1.165) is 5.92 Å². The third kappa shape index (κ3) is 4.63. The zero-order chi connectivity index (χ0) is 9.90. The average Bonchev–Trinajstić information content (AvgIpc) is 1.91. The maximum absolute atomic E-state index is 3.31. The predicted octanol–water partition coefficient (Wildman–Crippen LogP) is 1.57. The van der Waals surface area contributed by atoms with Crippen molar-refractivity contribution in [3.63, 3.8) is 0 Å². The molecule has 2 nitrogen and oxygen atoms in total. The molecule has 0 unspecified atom stereocenters. The smallest absolute Gasteiger partial charge is 0.00309 e. The summed E-state index contributed by atoms with van der Waals surface area (Å²) in [6.07, 6.45) is 1.30. The summed E-state index contributed by atoms with van der Waals surface area (Å²) in [5, 5.41) is 3.31. The van der Waals surface area contributed by atoms with E-state index in [0.29, 0.717) is 5.41 Å². The van der Waals surface area contributed by atoms with E-state index in [2.05, 4.69) is 38.0 Å². The van der Waals surface area contributed by atoms with E-state index in [1.54, 1.807) is 0 Å². The van der Waals surface area contributed by atoms with Crippen LogP contribution < -0.4 is 5.32 Å². The van der Waals surface area contributed by atoms with E-state index in [1.165, 1.54) is 32.6 Å². The monoisotopic (exact) mass is 184 g/mol. The van der Waals surface area contributed by atoms with Crippen molar-refractivity contribution in [1.29, 1.82) is 0 Å². The largest absolute Gasteiger partial charge is 0.316 e. The summed E-state index contributed by atoms with van der Waals surface area (Å²) in [6.45, 7) is 11.9. The highest BCUT2D eigenvalue weighted by atomic mass is 15.1. The van der Waals surface area contributed by atoms with E-state index in [9.17, 15) is 0 Å². The Morgan fingerprint density at radius 2 is 1.92 bits per heavy atom. The Morgan fingerprint density at radius 3 is 2.31 bits per heavy atom. The Bertz CT molecular complexity index is 145. The summed E-state index contributed by atoms with van der Waals surface area (Å²) >= 11 is 0. The SMILES string of the molecule is CN(CCC(C)(C)C)CC1CNC1. The molecule has 0 saturated carbocycles. The first-order valence-electron chi connectivity index (χ1n) is 5.37. The second-order valence-corrected chi connectivity index (χ2v) is 5.60. The van der Waals surface area contributed by atoms with Crippen molar-refractivity contribution in [2.75, 3.05) is 33.2 Å². The molecule has 1 heterocycles. The lowest BCUT2D eigenvalue weighted by atomic mass is 9.92. The zero-order valence-electron chi connectivity index (χ0n) is 9.56. The molecule has 0 radical (unpaired) electrons. The summed E-state index contributed by atoms with van der Waals surface area (Å²) in [5.41, 5.74) is 0.478. The van der Waals surface area contributed by atoms with Gasteiger partial charge < -0.3 is 10.2 Å². The third-order valence-electron chi connectivity index (χ3n) is 2.68. The van der Waals surface area contributed by atoms with Crippen molar-refractivity contribution < 1.29 is 0 Å². The molecular weight excluding hydrogens is 160 g/mol. The first kappa shape index (κ1) is 11.0. The second-order valence-electron chi connectivity index (χ2n) is 5.60. The predicted molar refractivity (Wildman–Crippen MR) is 57.9 cm³/mol. The third-order valence-corrected chi connectivity index (χ3v) is 2.68. The van der Waals surface area contributed by atoms with E-state index in [1.807, 2.05) is 0 Å². The number of hydrogen-bond donors (Lipinski definition) is 1. The summed E-state index contributed by atoms with van der Waals surface area (Å²) in [6, 6.07) is 0. The molecule has 1 rings (SSSR count). The number of nitrogens with zero attached hydrogens (tertiary/aromatic N) is 1. The van der Waals surface area contributed by atoms with E-state index in [-0.39, 0.29) is 0 Å². The van der Waals surface area contributed by atoms with Crippen LogP contribution >= 0.6 is 0 Å². The van der Waals surface area contributed by atoms with Crippen molar-refractivity contribution in [2.45, 2.75) is 27.2 Å². The van der Waals surface area contributed by atoms with Gasteiger partial charge in [-0.3, -0.25) is 0 Å². The molecule has 1 N–H and O–H groups in total. The van der Waals surface area contributed by atoms with Crippen LogP contribution in [-0.4, -0.2) is 38.1 Å². The van der Waals surface area contributed by atoms with Gasteiger partial charge in [0.05, 0.1) is 0 Å². The lowest BCUT2D eigenvalue weighted by Crippen LogP contribution is -2.47. The molecule has 0 aromatic carbocycles. The summed E-state index contributed by atoms with van der Waals surface area (Å²) < 4.78 is 0. The van der Waals surface area contributed by atoms with Gasteiger partial charge in [0.2, 0.25) is 0 Å². The standard InChI is InChI=1S/C11H24N2/c1-11(2,3)5-6-13(4)9-10-7-12-8-10/h10,12H,5-9H2,1-4H3. The summed E-state index contributed by atoms with van der Waals surface area (Å²) in [7, 11) is 2.24. The van der Waals surface area contributed by atoms with Crippen LogP contribution in [0, 0.1) is 11.3 Å². The van der Waals surface area contributed by atoms with Crippen LogP contribution in [0.2, 0.25) is 0 Å². The molecule has 13 heavy (non-hydrogen) atoms. The number of nitrogens with one attached hydrogen (secondary N) is 1. The van der Waals surface area contributed by atoms with Gasteiger partial charge in [0.15, 0.2) is 0 Å². The highest BCUT2D eigenvalue weighted by Crippen LogP contribution is 2.18. The number of hydrogen-bond acceptors (Lipinski definition) is 2. The molecule has 1 saturated heterocycles. The van der Waals surface area contributed by atoms with Crippen LogP contribution in [0.3, 0.4) is 0 Å². The molecule has 1 fully saturated rings. The molecule has 1 aliphatic rings. The van der Waals surface area contributed by atoms with Crippen molar-refractivity contribution in [1.82, 2.24) is 10.2 Å². The average molecular weight is 184 g/mol. The lowest BCUT2D eigenvalue weighted by molar-refractivity contribution is 0.201. The molecule has 0 spiro atoms. The molecule has 78 valence electrons. The molecule has 2 heteroatoms. The summed E-state index contributed by atoms with van der Waals surface area (Å²) in [5.74, 6) is 0.907. The van der Waals surface area contributed by atoms with Gasteiger partial charge in [-0.05, 0) is 31.3 Å². The first-order valence-corrected chi connectivity index (χ1v) is 5.37. The van der Waals surface area contributed by atoms with Crippen LogP contribution in [0.5, 0.6) is 0 Å². The van der Waals surface area contributed by atoms with Crippen molar-refractivity contribution in [2.24, 2.45) is 11.3 Å². The van der Waals surface area contributed by atoms with Crippen LogP contribution in [0.15, 0.2) is 0 Å². The van der Waals surface area contributed by atoms with Gasteiger partial charge in [0.25, 0.3) is 0 Å². The molecule has 0 amide bonds. The van der Waals surface area contributed by atoms with Crippen LogP contribution in [-0.2, 0) is 0 Å². The van der Waals surface area contributed by atoms with Crippen molar-refractivity contribution >= 4 is 0 Å². The number of rotatable bonds is 4. The van der Waals surface area contributed by atoms with E-state index in [4.69, 9.17) is 0 Å². The Morgan fingerprint density at radius 1 is 1.31 bits per heavy atom. The highest BCUT2D eigenvalue weighted by Gasteiger charge is 2.19. The molecule has 0 atom stereocenters. The fourth-order valence-corrected chi connectivity index (χ4v) is 1.54. The zero-order valence-corrected chi connectivity index (χ0v) is 9.56. The topological polar surface area (TPSA) is 15.3 Å². The van der Waals surface area contributed by atoms with Gasteiger partial charge in [-0.15, -0.1) is 0 Å². The lowest BCUT2D eigenvalue weighted by Gasteiger charge is -2.32. The van der Waals surface area contributed by atoms with Gasteiger partial charge in [-0.25, -0.2) is 0 Å². The molecular formula is C11H24N2. The molecule has 0 bridgehead atoms. The minimum Gasteiger partial charge on any atom is -0.316 e. The highest BCUT2D eigenvalue weighted by molar-refractivity contribution is 4.77. The molecule has 0 aliphatic carbocycles. The van der Waals surface area contributed by atoms with E-state index < -0.39 is 0 Å². The fraction of sp³-hybridized carbons (Fsp3) is 1.00. The Balaban J connectivity index is 2.06. The van der Waals surface area contributed by atoms with E-state index >= 15 is 0 Å². The molecule has 0 aromatic heterocycles. The normalized spacial score (nSPS) is 19.2. The van der Waals surface area contributed by atoms with Gasteiger partial charge in [-0.2, -0.15) is 0 Å². The maximum atomic E-state index is 3.31. The minimum atomic E-state index is 0.478. The fourth-order valence-electron chi connectivity index (χ4n) is 1.54. The maximum Gasteiger partial charge on any atom is 0.00309 e. The summed E-state index contributed by atoms with van der Waals surface area (Å²) in [4.78, 5) is 2.47. The molecule has 0 aromatic rings. The quantitative estimate of drug-likeness (QED) is 0.713. The minimum absolute atomic E-state index is 0.478. The van der Waals surface area contributed by atoms with Crippen molar-refractivity contribution in [3.05, 3.63) is 0 Å².